The topological polar surface area (TPSA) is 67.0 Å². The Bertz CT molecular complexity index is 812. The fraction of sp³-hybridized carbons (Fsp3) is 0.263. The van der Waals surface area contributed by atoms with Gasteiger partial charge in [0.15, 0.2) is 6.10 Å². The van der Waals surface area contributed by atoms with E-state index in [1.807, 2.05) is 24.3 Å². The van der Waals surface area contributed by atoms with Crippen molar-refractivity contribution in [2.75, 3.05) is 6.54 Å². The first kappa shape index (κ1) is 17.3. The highest BCUT2D eigenvalue weighted by Gasteiger charge is 2.14. The molecule has 1 atom stereocenters. The van der Waals surface area contributed by atoms with Crippen molar-refractivity contribution in [3.05, 3.63) is 59.4 Å². The number of amides is 1. The predicted molar refractivity (Wildman–Crippen MR) is 99.0 cm³/mol. The largest absolute Gasteiger partial charge is 0.481 e. The molecular formula is C19H20ClN3O2. The second-order valence-corrected chi connectivity index (χ2v) is 6.25. The molecule has 0 bridgehead atoms. The van der Waals surface area contributed by atoms with Crippen LogP contribution in [-0.2, 0) is 11.2 Å². The Morgan fingerprint density at radius 3 is 2.76 bits per heavy atom. The third kappa shape index (κ3) is 4.73. The van der Waals surface area contributed by atoms with Crippen molar-refractivity contribution in [1.29, 1.82) is 0 Å². The van der Waals surface area contributed by atoms with Gasteiger partial charge in [-0.1, -0.05) is 23.7 Å². The maximum atomic E-state index is 12.1. The lowest BCUT2D eigenvalue weighted by Gasteiger charge is -2.14. The summed E-state index contributed by atoms with van der Waals surface area (Å²) >= 11 is 5.83. The average molecular weight is 358 g/mol. The number of para-hydroxylation sites is 2. The van der Waals surface area contributed by atoms with Gasteiger partial charge in [-0.25, -0.2) is 4.98 Å². The Morgan fingerprint density at radius 1 is 1.24 bits per heavy atom. The summed E-state index contributed by atoms with van der Waals surface area (Å²) in [6.45, 7) is 2.30. The summed E-state index contributed by atoms with van der Waals surface area (Å²) in [4.78, 5) is 19.9. The van der Waals surface area contributed by atoms with Crippen molar-refractivity contribution in [2.24, 2.45) is 0 Å². The van der Waals surface area contributed by atoms with E-state index in [2.05, 4.69) is 15.3 Å². The van der Waals surface area contributed by atoms with Crippen molar-refractivity contribution in [3.63, 3.8) is 0 Å². The van der Waals surface area contributed by atoms with Gasteiger partial charge in [0.25, 0.3) is 5.91 Å². The number of aromatic nitrogens is 2. The highest BCUT2D eigenvalue weighted by molar-refractivity contribution is 6.30. The molecule has 0 spiro atoms. The smallest absolute Gasteiger partial charge is 0.260 e. The van der Waals surface area contributed by atoms with Crippen molar-refractivity contribution < 1.29 is 9.53 Å². The van der Waals surface area contributed by atoms with Crippen molar-refractivity contribution >= 4 is 28.5 Å². The average Bonchev–Trinajstić information content (AvgIpc) is 3.03. The van der Waals surface area contributed by atoms with Gasteiger partial charge >= 0.3 is 0 Å². The van der Waals surface area contributed by atoms with Gasteiger partial charge in [-0.15, -0.1) is 0 Å². The second kappa shape index (κ2) is 8.03. The van der Waals surface area contributed by atoms with Crippen LogP contribution in [0, 0.1) is 0 Å². The van der Waals surface area contributed by atoms with E-state index in [0.29, 0.717) is 17.3 Å². The highest BCUT2D eigenvalue weighted by atomic mass is 35.5. The second-order valence-electron chi connectivity index (χ2n) is 5.81. The molecule has 3 rings (SSSR count). The van der Waals surface area contributed by atoms with Crippen LogP contribution in [0.2, 0.25) is 5.02 Å². The minimum Gasteiger partial charge on any atom is -0.481 e. The van der Waals surface area contributed by atoms with Gasteiger partial charge in [-0.05, 0) is 49.7 Å². The molecular weight excluding hydrogens is 338 g/mol. The van der Waals surface area contributed by atoms with Crippen molar-refractivity contribution in [1.82, 2.24) is 15.3 Å². The van der Waals surface area contributed by atoms with Crippen molar-refractivity contribution in [3.8, 4) is 5.75 Å². The molecule has 5 nitrogen and oxygen atoms in total. The molecule has 1 amide bonds. The lowest BCUT2D eigenvalue weighted by molar-refractivity contribution is -0.127. The third-order valence-corrected chi connectivity index (χ3v) is 4.08. The summed E-state index contributed by atoms with van der Waals surface area (Å²) in [7, 11) is 0. The van der Waals surface area contributed by atoms with Crippen LogP contribution >= 0.6 is 11.6 Å². The van der Waals surface area contributed by atoms with E-state index in [-0.39, 0.29) is 5.91 Å². The molecule has 0 aliphatic rings. The summed E-state index contributed by atoms with van der Waals surface area (Å²) in [5.41, 5.74) is 2.00. The first-order valence-electron chi connectivity index (χ1n) is 8.25. The standard InChI is InChI=1S/C19H20ClN3O2/c1-13(25-15-10-8-14(20)9-11-15)19(24)21-12-4-7-18-22-16-5-2-3-6-17(16)23-18/h2-3,5-6,8-11,13H,4,7,12H2,1H3,(H,21,24)(H,22,23)/t13-/m0/s1. The Morgan fingerprint density at radius 2 is 2.00 bits per heavy atom. The Hall–Kier alpha value is -2.53. The number of hydrogen-bond acceptors (Lipinski definition) is 3. The van der Waals surface area contributed by atoms with E-state index in [1.165, 1.54) is 0 Å². The SMILES string of the molecule is C[C@H](Oc1ccc(Cl)cc1)C(=O)NCCCc1nc2ccccc2[nH]1. The number of nitrogens with zero attached hydrogens (tertiary/aromatic N) is 1. The van der Waals surface area contributed by atoms with Gasteiger partial charge in [-0.3, -0.25) is 4.79 Å². The van der Waals surface area contributed by atoms with E-state index in [9.17, 15) is 4.79 Å². The van der Waals surface area contributed by atoms with Crippen LogP contribution in [0.15, 0.2) is 48.5 Å². The summed E-state index contributed by atoms with van der Waals surface area (Å²) in [5.74, 6) is 1.41. The number of imidazole rings is 1. The maximum absolute atomic E-state index is 12.1. The highest BCUT2D eigenvalue weighted by Crippen LogP contribution is 2.16. The Kier molecular flexibility index (Phi) is 5.56. The molecule has 0 fully saturated rings. The summed E-state index contributed by atoms with van der Waals surface area (Å²) < 4.78 is 5.60. The molecule has 2 N–H and O–H groups in total. The fourth-order valence-corrected chi connectivity index (χ4v) is 2.63. The number of fused-ring (bicyclic) bond motifs is 1. The molecule has 130 valence electrons. The number of H-pyrrole nitrogens is 1. The number of nitrogens with one attached hydrogen (secondary N) is 2. The molecule has 2 aromatic carbocycles. The van der Waals surface area contributed by atoms with Gasteiger partial charge in [-0.2, -0.15) is 0 Å². The van der Waals surface area contributed by atoms with Crippen LogP contribution in [0.4, 0.5) is 0 Å². The molecule has 0 aliphatic carbocycles. The van der Waals surface area contributed by atoms with E-state index >= 15 is 0 Å². The molecule has 1 heterocycles. The number of aryl methyl sites for hydroxylation is 1. The van der Waals surface area contributed by atoms with Crippen LogP contribution in [0.25, 0.3) is 11.0 Å². The zero-order valence-electron chi connectivity index (χ0n) is 14.0. The van der Waals surface area contributed by atoms with Crippen molar-refractivity contribution in [2.45, 2.75) is 25.9 Å². The minimum absolute atomic E-state index is 0.139. The van der Waals surface area contributed by atoms with E-state index in [4.69, 9.17) is 16.3 Å². The lowest BCUT2D eigenvalue weighted by Crippen LogP contribution is -2.36. The number of carbonyl (C=O) groups excluding carboxylic acids is 1. The lowest BCUT2D eigenvalue weighted by atomic mass is 10.3. The molecule has 0 unspecified atom stereocenters. The zero-order chi connectivity index (χ0) is 17.6. The third-order valence-electron chi connectivity index (χ3n) is 3.82. The quantitative estimate of drug-likeness (QED) is 0.633. The van der Waals surface area contributed by atoms with Gasteiger partial charge in [0.2, 0.25) is 0 Å². The molecule has 0 saturated carbocycles. The number of benzene rings is 2. The van der Waals surface area contributed by atoms with Gasteiger partial charge in [0.1, 0.15) is 11.6 Å². The molecule has 0 saturated heterocycles. The zero-order valence-corrected chi connectivity index (χ0v) is 14.7. The van der Waals surface area contributed by atoms with E-state index < -0.39 is 6.10 Å². The molecule has 0 aliphatic heterocycles. The Labute approximate surface area is 151 Å². The van der Waals surface area contributed by atoms with Crippen LogP contribution in [0.1, 0.15) is 19.2 Å². The van der Waals surface area contributed by atoms with Crippen LogP contribution in [0.5, 0.6) is 5.75 Å². The minimum atomic E-state index is -0.563. The van der Waals surface area contributed by atoms with Crippen LogP contribution in [0.3, 0.4) is 0 Å². The summed E-state index contributed by atoms with van der Waals surface area (Å²) in [6.07, 6.45) is 1.02. The first-order chi connectivity index (χ1) is 12.1. The molecule has 25 heavy (non-hydrogen) atoms. The number of aromatic amines is 1. The molecule has 3 aromatic rings. The summed E-state index contributed by atoms with van der Waals surface area (Å²) in [5, 5.41) is 3.52. The maximum Gasteiger partial charge on any atom is 0.260 e. The van der Waals surface area contributed by atoms with Crippen LogP contribution < -0.4 is 10.1 Å². The molecule has 1 aromatic heterocycles. The molecule has 0 radical (unpaired) electrons. The summed E-state index contributed by atoms with van der Waals surface area (Å²) in [6, 6.07) is 14.9. The van der Waals surface area contributed by atoms with Crippen LogP contribution in [-0.4, -0.2) is 28.5 Å². The Balaban J connectivity index is 1.41. The number of halogens is 1. The predicted octanol–water partition coefficient (Wildman–Crippen LogP) is 3.73. The first-order valence-corrected chi connectivity index (χ1v) is 8.63. The number of carbonyl (C=O) groups is 1. The fourth-order valence-electron chi connectivity index (χ4n) is 2.51. The van der Waals surface area contributed by atoms with Gasteiger partial charge in [0.05, 0.1) is 11.0 Å². The molecule has 6 heteroatoms. The van der Waals surface area contributed by atoms with Gasteiger partial charge in [0, 0.05) is 18.0 Å². The normalized spacial score (nSPS) is 12.1. The number of hydrogen-bond donors (Lipinski definition) is 2. The monoisotopic (exact) mass is 357 g/mol. The van der Waals surface area contributed by atoms with E-state index in [1.54, 1.807) is 31.2 Å². The number of rotatable bonds is 7. The van der Waals surface area contributed by atoms with E-state index in [0.717, 1.165) is 29.7 Å². The van der Waals surface area contributed by atoms with Gasteiger partial charge < -0.3 is 15.0 Å². The number of ether oxygens (including phenoxy) is 1.